The number of alkyl halides is 4. The standard InChI is InChI=1S/C35H34F6N6O/c1-3-24-27(37)9-8-20-13-21(35(39,40)41)14-25(28(20)24)30-29(38)31-26(16-43-30)32(46(2)18-23-7-4-5-11-42-23)45-33(44-31)48-19-34-10-6-12-47(34)17-22(36)15-34/h1,8-9,13-14,16,22-23,42H,4-7,10-12,15,17-19H2,2H3/t22-,23+,34+/m1/s1. The molecular weight excluding hydrogens is 634 g/mol. The Bertz CT molecular complexity index is 1920. The van der Waals surface area contributed by atoms with E-state index >= 15 is 4.39 Å². The Morgan fingerprint density at radius 2 is 2.00 bits per heavy atom. The first-order valence-electron chi connectivity index (χ1n) is 16.1. The largest absolute Gasteiger partial charge is 0.461 e. The molecule has 7 nitrogen and oxygen atoms in total. The van der Waals surface area contributed by atoms with Crippen LogP contribution in [0.5, 0.6) is 6.01 Å². The molecule has 3 fully saturated rings. The number of halogens is 6. The molecule has 0 saturated carbocycles. The third-order valence-electron chi connectivity index (χ3n) is 9.94. The smallest absolute Gasteiger partial charge is 0.416 e. The second-order valence-electron chi connectivity index (χ2n) is 13.1. The number of anilines is 1. The zero-order valence-electron chi connectivity index (χ0n) is 26.3. The molecule has 0 amide bonds. The number of hydrogen-bond acceptors (Lipinski definition) is 7. The van der Waals surface area contributed by atoms with E-state index in [1.54, 1.807) is 7.05 Å². The van der Waals surface area contributed by atoms with E-state index in [1.807, 2.05) is 4.90 Å². The van der Waals surface area contributed by atoms with Crippen LogP contribution in [0, 0.1) is 24.0 Å². The van der Waals surface area contributed by atoms with Crippen molar-refractivity contribution in [2.45, 2.75) is 62.5 Å². The normalized spacial score (nSPS) is 23.0. The number of pyridine rings is 1. The minimum absolute atomic E-state index is 0.0225. The molecule has 48 heavy (non-hydrogen) atoms. The van der Waals surface area contributed by atoms with E-state index in [9.17, 15) is 22.0 Å². The molecule has 3 saturated heterocycles. The quantitative estimate of drug-likeness (QED) is 0.175. The van der Waals surface area contributed by atoms with Gasteiger partial charge in [0.05, 0.1) is 22.1 Å². The van der Waals surface area contributed by atoms with Crippen molar-refractivity contribution in [2.24, 2.45) is 0 Å². The van der Waals surface area contributed by atoms with Crippen LogP contribution >= 0.6 is 0 Å². The number of nitrogens with zero attached hydrogens (tertiary/aromatic N) is 5. The predicted molar refractivity (Wildman–Crippen MR) is 171 cm³/mol. The van der Waals surface area contributed by atoms with Gasteiger partial charge in [-0.15, -0.1) is 6.42 Å². The third-order valence-corrected chi connectivity index (χ3v) is 9.94. The Hall–Kier alpha value is -4.15. The molecule has 2 aromatic heterocycles. The first-order valence-corrected chi connectivity index (χ1v) is 16.1. The molecule has 0 spiro atoms. The number of terminal acetylenes is 1. The van der Waals surface area contributed by atoms with Crippen molar-refractivity contribution in [3.63, 3.8) is 0 Å². The van der Waals surface area contributed by atoms with Crippen molar-refractivity contribution in [1.29, 1.82) is 0 Å². The Labute approximate surface area is 273 Å². The van der Waals surface area contributed by atoms with Gasteiger partial charge < -0.3 is 15.0 Å². The molecule has 3 atom stereocenters. The summed E-state index contributed by atoms with van der Waals surface area (Å²) in [6.07, 6.45) is 6.13. The van der Waals surface area contributed by atoms with E-state index in [-0.39, 0.29) is 51.5 Å². The number of fused-ring (bicyclic) bond motifs is 3. The molecule has 0 aliphatic carbocycles. The number of nitrogens with one attached hydrogen (secondary N) is 1. The van der Waals surface area contributed by atoms with Crippen LogP contribution in [-0.2, 0) is 6.18 Å². The average Bonchev–Trinajstić information content (AvgIpc) is 3.59. The van der Waals surface area contributed by atoms with E-state index in [1.165, 1.54) is 12.3 Å². The number of likely N-dealkylation sites (N-methyl/N-ethyl adjacent to an activating group) is 1. The highest BCUT2D eigenvalue weighted by Crippen LogP contribution is 2.42. The van der Waals surface area contributed by atoms with Gasteiger partial charge in [-0.2, -0.15) is 23.1 Å². The summed E-state index contributed by atoms with van der Waals surface area (Å²) in [6, 6.07) is 3.71. The molecule has 3 aliphatic heterocycles. The van der Waals surface area contributed by atoms with Gasteiger partial charge in [0.25, 0.3) is 0 Å². The number of rotatable bonds is 7. The number of hydrogen-bond donors (Lipinski definition) is 1. The molecule has 1 N–H and O–H groups in total. The van der Waals surface area contributed by atoms with E-state index in [0.717, 1.165) is 63.4 Å². The van der Waals surface area contributed by atoms with Crippen LogP contribution in [0.3, 0.4) is 0 Å². The van der Waals surface area contributed by atoms with Crippen molar-refractivity contribution < 1.29 is 31.1 Å². The zero-order valence-corrected chi connectivity index (χ0v) is 26.3. The fraction of sp³-hybridized carbons (Fsp3) is 0.457. The first kappa shape index (κ1) is 32.4. The summed E-state index contributed by atoms with van der Waals surface area (Å²) in [6.45, 7) is 2.56. The number of piperidine rings is 1. The number of ether oxygens (including phenoxy) is 1. The van der Waals surface area contributed by atoms with Crippen LogP contribution in [0.15, 0.2) is 30.5 Å². The van der Waals surface area contributed by atoms with Gasteiger partial charge in [0.2, 0.25) is 0 Å². The van der Waals surface area contributed by atoms with Gasteiger partial charge in [-0.1, -0.05) is 18.4 Å². The van der Waals surface area contributed by atoms with Gasteiger partial charge in [0.1, 0.15) is 35.6 Å². The summed E-state index contributed by atoms with van der Waals surface area (Å²) in [5, 5.41) is 3.59. The minimum atomic E-state index is -4.79. The Morgan fingerprint density at radius 3 is 2.75 bits per heavy atom. The highest BCUT2D eigenvalue weighted by Gasteiger charge is 2.49. The molecule has 4 aromatic rings. The maximum atomic E-state index is 16.8. The summed E-state index contributed by atoms with van der Waals surface area (Å²) in [5.74, 6) is 0.645. The van der Waals surface area contributed by atoms with Gasteiger partial charge >= 0.3 is 12.2 Å². The molecule has 3 aliphatic rings. The van der Waals surface area contributed by atoms with E-state index < -0.39 is 40.8 Å². The summed E-state index contributed by atoms with van der Waals surface area (Å²) < 4.78 is 94.4. The van der Waals surface area contributed by atoms with Crippen LogP contribution in [-0.4, -0.2) is 77.4 Å². The SMILES string of the molecule is C#Cc1c(F)ccc2cc(C(F)(F)F)cc(-c3ncc4c(N(C)C[C@@H]5CCCCN5)nc(OC[C@@]56CCCN5C[C@H](F)C6)nc4c3F)c12. The zero-order chi connectivity index (χ0) is 33.8. The van der Waals surface area contributed by atoms with Gasteiger partial charge in [-0.05, 0) is 62.4 Å². The third kappa shape index (κ3) is 5.79. The van der Waals surface area contributed by atoms with Crippen molar-refractivity contribution in [3.8, 4) is 29.6 Å². The monoisotopic (exact) mass is 668 g/mol. The summed E-state index contributed by atoms with van der Waals surface area (Å²) in [5.41, 5.74) is -2.95. The van der Waals surface area contributed by atoms with E-state index in [2.05, 4.69) is 31.1 Å². The molecule has 13 heteroatoms. The molecule has 2 aromatic carbocycles. The fourth-order valence-electron chi connectivity index (χ4n) is 7.64. The van der Waals surface area contributed by atoms with E-state index in [0.29, 0.717) is 25.3 Å². The lowest BCUT2D eigenvalue weighted by Gasteiger charge is -2.31. The van der Waals surface area contributed by atoms with Crippen LogP contribution in [0.1, 0.15) is 49.7 Å². The average molecular weight is 669 g/mol. The molecule has 0 radical (unpaired) electrons. The lowest BCUT2D eigenvalue weighted by atomic mass is 9.93. The second kappa shape index (κ2) is 12.4. The van der Waals surface area contributed by atoms with Crippen molar-refractivity contribution in [2.75, 3.05) is 44.7 Å². The van der Waals surface area contributed by atoms with Gasteiger partial charge in [-0.3, -0.25) is 9.88 Å². The highest BCUT2D eigenvalue weighted by atomic mass is 19.4. The topological polar surface area (TPSA) is 66.4 Å². The van der Waals surface area contributed by atoms with Crippen molar-refractivity contribution in [1.82, 2.24) is 25.2 Å². The van der Waals surface area contributed by atoms with Crippen LogP contribution in [0.4, 0.5) is 32.2 Å². The molecule has 7 rings (SSSR count). The van der Waals surface area contributed by atoms with Gasteiger partial charge in [0, 0.05) is 49.7 Å². The number of aromatic nitrogens is 3. The van der Waals surface area contributed by atoms with Crippen LogP contribution in [0.2, 0.25) is 0 Å². The Kier molecular flexibility index (Phi) is 8.36. The van der Waals surface area contributed by atoms with Gasteiger partial charge in [0.15, 0.2) is 5.82 Å². The van der Waals surface area contributed by atoms with Crippen LogP contribution in [0.25, 0.3) is 32.9 Å². The first-order chi connectivity index (χ1) is 23.0. The van der Waals surface area contributed by atoms with Crippen LogP contribution < -0.4 is 15.0 Å². The molecule has 5 heterocycles. The van der Waals surface area contributed by atoms with Crippen molar-refractivity contribution in [3.05, 3.63) is 53.2 Å². The Balaban J connectivity index is 1.38. The fourth-order valence-corrected chi connectivity index (χ4v) is 7.64. The molecule has 0 bridgehead atoms. The number of benzene rings is 2. The summed E-state index contributed by atoms with van der Waals surface area (Å²) in [4.78, 5) is 17.3. The summed E-state index contributed by atoms with van der Waals surface area (Å²) in [7, 11) is 1.80. The van der Waals surface area contributed by atoms with Crippen molar-refractivity contribution >= 4 is 27.5 Å². The molecule has 0 unspecified atom stereocenters. The lowest BCUT2D eigenvalue weighted by Crippen LogP contribution is -2.44. The Morgan fingerprint density at radius 1 is 1.17 bits per heavy atom. The second-order valence-corrected chi connectivity index (χ2v) is 13.1. The lowest BCUT2D eigenvalue weighted by molar-refractivity contribution is -0.137. The maximum Gasteiger partial charge on any atom is 0.416 e. The van der Waals surface area contributed by atoms with Gasteiger partial charge in [-0.25, -0.2) is 13.2 Å². The predicted octanol–water partition coefficient (Wildman–Crippen LogP) is 6.66. The highest BCUT2D eigenvalue weighted by molar-refractivity contribution is 6.02. The molecular formula is C35H34F6N6O. The van der Waals surface area contributed by atoms with E-state index in [4.69, 9.17) is 11.2 Å². The maximum absolute atomic E-state index is 16.8. The minimum Gasteiger partial charge on any atom is -0.461 e. The summed E-state index contributed by atoms with van der Waals surface area (Å²) >= 11 is 0. The molecule has 252 valence electrons.